The summed E-state index contributed by atoms with van der Waals surface area (Å²) in [6.45, 7) is 0. The first-order chi connectivity index (χ1) is 8.61. The summed E-state index contributed by atoms with van der Waals surface area (Å²) in [7, 11) is 0. The minimum absolute atomic E-state index is 0.0187. The molecule has 2 rings (SSSR count). The Morgan fingerprint density at radius 3 is 2.78 bits per heavy atom. The molecule has 0 spiro atoms. The number of anilines is 2. The van der Waals surface area contributed by atoms with Crippen LogP contribution < -0.4 is 5.32 Å². The normalized spacial score (nSPS) is 9.89. The molecule has 0 aliphatic carbocycles. The number of nitrogens with zero attached hydrogens (tertiary/aromatic N) is 3. The standard InChI is InChI=1S/C11H5BrF2N4/c12-7-3-9(14)10(4-8(7)13)17-11-6(5-15)1-2-16-18-11/h1-4H,(H,17,18). The third-order valence-corrected chi connectivity index (χ3v) is 2.71. The van der Waals surface area contributed by atoms with Crippen LogP contribution in [0.4, 0.5) is 20.3 Å². The van der Waals surface area contributed by atoms with Gasteiger partial charge in [0.25, 0.3) is 0 Å². The predicted molar refractivity (Wildman–Crippen MR) is 64.1 cm³/mol. The summed E-state index contributed by atoms with van der Waals surface area (Å²) in [6.07, 6.45) is 1.34. The Labute approximate surface area is 109 Å². The third kappa shape index (κ3) is 2.43. The van der Waals surface area contributed by atoms with Gasteiger partial charge in [0.05, 0.1) is 21.9 Å². The molecule has 0 aliphatic heterocycles. The van der Waals surface area contributed by atoms with Crippen LogP contribution in [0.3, 0.4) is 0 Å². The maximum atomic E-state index is 13.6. The lowest BCUT2D eigenvalue weighted by molar-refractivity contribution is 0.597. The summed E-state index contributed by atoms with van der Waals surface area (Å²) in [5.74, 6) is -1.22. The SMILES string of the molecule is N#Cc1ccnnc1Nc1cc(F)c(Br)cc1F. The van der Waals surface area contributed by atoms with Crippen molar-refractivity contribution >= 4 is 27.4 Å². The van der Waals surface area contributed by atoms with E-state index in [1.54, 1.807) is 0 Å². The lowest BCUT2D eigenvalue weighted by Crippen LogP contribution is -2.01. The Morgan fingerprint density at radius 1 is 1.28 bits per heavy atom. The summed E-state index contributed by atoms with van der Waals surface area (Å²) in [5.41, 5.74) is 0.0698. The van der Waals surface area contributed by atoms with Gasteiger partial charge in [0.2, 0.25) is 0 Å². The van der Waals surface area contributed by atoms with Gasteiger partial charge in [0.1, 0.15) is 17.7 Å². The quantitative estimate of drug-likeness (QED) is 0.866. The average molecular weight is 311 g/mol. The molecule has 0 saturated heterocycles. The Morgan fingerprint density at radius 2 is 2.06 bits per heavy atom. The number of hydrogen-bond acceptors (Lipinski definition) is 4. The van der Waals surface area contributed by atoms with Gasteiger partial charge in [0, 0.05) is 6.07 Å². The van der Waals surface area contributed by atoms with Gasteiger partial charge in [-0.3, -0.25) is 0 Å². The van der Waals surface area contributed by atoms with Crippen molar-refractivity contribution in [1.82, 2.24) is 10.2 Å². The van der Waals surface area contributed by atoms with Crippen LogP contribution in [-0.2, 0) is 0 Å². The van der Waals surface area contributed by atoms with Crippen molar-refractivity contribution in [3.05, 3.63) is 46.1 Å². The first-order valence-electron chi connectivity index (χ1n) is 4.75. The van der Waals surface area contributed by atoms with E-state index in [1.165, 1.54) is 12.3 Å². The fourth-order valence-electron chi connectivity index (χ4n) is 1.26. The maximum Gasteiger partial charge on any atom is 0.171 e. The van der Waals surface area contributed by atoms with Crippen molar-refractivity contribution in [3.63, 3.8) is 0 Å². The molecular weight excluding hydrogens is 306 g/mol. The van der Waals surface area contributed by atoms with Crippen molar-refractivity contribution < 1.29 is 8.78 Å². The molecule has 18 heavy (non-hydrogen) atoms. The first-order valence-corrected chi connectivity index (χ1v) is 5.54. The van der Waals surface area contributed by atoms with Gasteiger partial charge in [-0.2, -0.15) is 10.4 Å². The van der Waals surface area contributed by atoms with E-state index in [4.69, 9.17) is 5.26 Å². The summed E-state index contributed by atoms with van der Waals surface area (Å²) < 4.78 is 26.9. The van der Waals surface area contributed by atoms with Gasteiger partial charge >= 0.3 is 0 Å². The van der Waals surface area contributed by atoms with Crippen LogP contribution >= 0.6 is 15.9 Å². The third-order valence-electron chi connectivity index (χ3n) is 2.10. The average Bonchev–Trinajstić information content (AvgIpc) is 2.36. The van der Waals surface area contributed by atoms with Crippen LogP contribution in [0, 0.1) is 23.0 Å². The van der Waals surface area contributed by atoms with E-state index in [0.717, 1.165) is 12.1 Å². The van der Waals surface area contributed by atoms with Crippen molar-refractivity contribution in [2.45, 2.75) is 0 Å². The molecule has 1 heterocycles. The molecule has 1 N–H and O–H groups in total. The Kier molecular flexibility index (Phi) is 3.48. The molecule has 90 valence electrons. The number of nitriles is 1. The highest BCUT2D eigenvalue weighted by atomic mass is 79.9. The number of aromatic nitrogens is 2. The largest absolute Gasteiger partial charge is 0.335 e. The van der Waals surface area contributed by atoms with E-state index >= 15 is 0 Å². The van der Waals surface area contributed by atoms with E-state index in [-0.39, 0.29) is 21.5 Å². The highest BCUT2D eigenvalue weighted by molar-refractivity contribution is 9.10. The molecule has 0 saturated carbocycles. The van der Waals surface area contributed by atoms with Crippen LogP contribution in [0.2, 0.25) is 0 Å². The lowest BCUT2D eigenvalue weighted by atomic mass is 10.2. The van der Waals surface area contributed by atoms with Crippen LogP contribution in [0.5, 0.6) is 0 Å². The van der Waals surface area contributed by atoms with Crippen LogP contribution in [-0.4, -0.2) is 10.2 Å². The molecule has 1 aromatic carbocycles. The van der Waals surface area contributed by atoms with E-state index in [9.17, 15) is 8.78 Å². The molecule has 0 bridgehead atoms. The topological polar surface area (TPSA) is 61.6 Å². The zero-order chi connectivity index (χ0) is 13.1. The summed E-state index contributed by atoms with van der Waals surface area (Å²) in [5, 5.41) is 18.6. The zero-order valence-corrected chi connectivity index (χ0v) is 10.4. The van der Waals surface area contributed by atoms with Crippen molar-refractivity contribution in [2.24, 2.45) is 0 Å². The number of benzene rings is 1. The van der Waals surface area contributed by atoms with E-state index < -0.39 is 11.6 Å². The molecule has 1 aromatic heterocycles. The predicted octanol–water partition coefficient (Wildman–Crippen LogP) is 3.13. The van der Waals surface area contributed by atoms with Gasteiger partial charge < -0.3 is 5.32 Å². The number of rotatable bonds is 2. The number of hydrogen-bond donors (Lipinski definition) is 1. The molecule has 2 aromatic rings. The highest BCUT2D eigenvalue weighted by Gasteiger charge is 2.11. The van der Waals surface area contributed by atoms with Crippen molar-refractivity contribution in [2.75, 3.05) is 5.32 Å². The molecule has 0 radical (unpaired) electrons. The smallest absolute Gasteiger partial charge is 0.171 e. The van der Waals surface area contributed by atoms with Crippen molar-refractivity contribution in [1.29, 1.82) is 5.26 Å². The lowest BCUT2D eigenvalue weighted by Gasteiger charge is -2.08. The Balaban J connectivity index is 2.41. The van der Waals surface area contributed by atoms with Gasteiger partial charge in [-0.05, 0) is 28.1 Å². The molecular formula is C11H5BrF2N4. The summed E-state index contributed by atoms with van der Waals surface area (Å²) in [6, 6.07) is 5.24. The van der Waals surface area contributed by atoms with Gasteiger partial charge in [0.15, 0.2) is 5.82 Å². The van der Waals surface area contributed by atoms with E-state index in [2.05, 4.69) is 31.4 Å². The maximum absolute atomic E-state index is 13.6. The van der Waals surface area contributed by atoms with Crippen LogP contribution in [0.25, 0.3) is 0 Å². The highest BCUT2D eigenvalue weighted by Crippen LogP contribution is 2.26. The monoisotopic (exact) mass is 310 g/mol. The minimum atomic E-state index is -0.669. The molecule has 4 nitrogen and oxygen atoms in total. The summed E-state index contributed by atoms with van der Waals surface area (Å²) in [4.78, 5) is 0. The van der Waals surface area contributed by atoms with E-state index in [0.29, 0.717) is 0 Å². The molecule has 7 heteroatoms. The van der Waals surface area contributed by atoms with E-state index in [1.807, 2.05) is 6.07 Å². The van der Waals surface area contributed by atoms with Gasteiger partial charge in [-0.25, -0.2) is 8.78 Å². The zero-order valence-electron chi connectivity index (χ0n) is 8.78. The second-order valence-electron chi connectivity index (χ2n) is 3.28. The first kappa shape index (κ1) is 12.4. The molecule has 0 atom stereocenters. The second kappa shape index (κ2) is 5.06. The summed E-state index contributed by atoms with van der Waals surface area (Å²) >= 11 is 2.87. The van der Waals surface area contributed by atoms with Crippen molar-refractivity contribution in [3.8, 4) is 6.07 Å². The van der Waals surface area contributed by atoms with Crippen LogP contribution in [0.1, 0.15) is 5.56 Å². The minimum Gasteiger partial charge on any atom is -0.335 e. The Bertz CT molecular complexity index is 639. The number of nitrogens with one attached hydrogen (secondary N) is 1. The van der Waals surface area contributed by atoms with Gasteiger partial charge in [-0.1, -0.05) is 0 Å². The van der Waals surface area contributed by atoms with Gasteiger partial charge in [-0.15, -0.1) is 5.10 Å². The Hall–Kier alpha value is -2.07. The molecule has 0 aliphatic rings. The molecule has 0 fully saturated rings. The second-order valence-corrected chi connectivity index (χ2v) is 4.13. The molecule has 0 amide bonds. The fraction of sp³-hybridized carbons (Fsp3) is 0. The van der Waals surface area contributed by atoms with Crippen LogP contribution in [0.15, 0.2) is 28.9 Å². The number of halogens is 3. The molecule has 0 unspecified atom stereocenters. The fourth-order valence-corrected chi connectivity index (χ4v) is 1.58.